The number of aryl methyl sites for hydroxylation is 2. The summed E-state index contributed by atoms with van der Waals surface area (Å²) in [7, 11) is 0. The molecule has 2 rings (SSSR count). The van der Waals surface area contributed by atoms with E-state index in [-0.39, 0.29) is 12.1 Å². The van der Waals surface area contributed by atoms with E-state index in [1.807, 2.05) is 16.7 Å². The maximum absolute atomic E-state index is 12.1. The summed E-state index contributed by atoms with van der Waals surface area (Å²) in [6, 6.07) is 6.45. The molecule has 2 unspecified atom stereocenters. The fraction of sp³-hybridized carbons (Fsp3) is 0.562. The zero-order valence-electron chi connectivity index (χ0n) is 12.8. The number of carbonyl (C=O) groups excluding carboxylic acids is 1. The molecule has 3 nitrogen and oxygen atoms in total. The van der Waals surface area contributed by atoms with Crippen molar-refractivity contribution in [1.82, 2.24) is 10.2 Å². The lowest BCUT2D eigenvalue weighted by molar-refractivity contribution is -0.128. The summed E-state index contributed by atoms with van der Waals surface area (Å²) in [5, 5.41) is 3.94. The molecular weight excluding hydrogens is 268 g/mol. The number of amides is 1. The monoisotopic (exact) mass is 292 g/mol. The molecule has 1 heterocycles. The van der Waals surface area contributed by atoms with Gasteiger partial charge in [0.25, 0.3) is 0 Å². The highest BCUT2D eigenvalue weighted by atomic mass is 32.2. The Morgan fingerprint density at radius 3 is 2.90 bits per heavy atom. The third kappa shape index (κ3) is 3.36. The van der Waals surface area contributed by atoms with Gasteiger partial charge in [-0.1, -0.05) is 30.7 Å². The average Bonchev–Trinajstić information content (AvgIpc) is 2.80. The van der Waals surface area contributed by atoms with E-state index >= 15 is 0 Å². The van der Waals surface area contributed by atoms with E-state index in [0.717, 1.165) is 13.0 Å². The van der Waals surface area contributed by atoms with Gasteiger partial charge in [0.2, 0.25) is 5.91 Å². The molecule has 0 aromatic heterocycles. The highest BCUT2D eigenvalue weighted by molar-refractivity contribution is 7.99. The van der Waals surface area contributed by atoms with Gasteiger partial charge in [0.15, 0.2) is 0 Å². The largest absolute Gasteiger partial charge is 0.322 e. The van der Waals surface area contributed by atoms with Crippen LogP contribution in [-0.2, 0) is 4.79 Å². The Morgan fingerprint density at radius 2 is 2.20 bits per heavy atom. The third-order valence-electron chi connectivity index (χ3n) is 3.99. The molecular formula is C16H24N2OS. The molecule has 0 radical (unpaired) electrons. The fourth-order valence-electron chi connectivity index (χ4n) is 2.56. The minimum absolute atomic E-state index is 0.0384. The zero-order valence-corrected chi connectivity index (χ0v) is 13.6. The Bertz CT molecular complexity index is 489. The topological polar surface area (TPSA) is 32.3 Å². The van der Waals surface area contributed by atoms with Crippen molar-refractivity contribution in [1.29, 1.82) is 0 Å². The highest BCUT2D eigenvalue weighted by Gasteiger charge is 2.32. The van der Waals surface area contributed by atoms with Crippen molar-refractivity contribution < 1.29 is 4.79 Å². The molecule has 1 aliphatic rings. The number of hydrogen-bond donors (Lipinski definition) is 1. The second kappa shape index (κ2) is 6.64. The summed E-state index contributed by atoms with van der Waals surface area (Å²) in [6.07, 6.45) is 3.20. The van der Waals surface area contributed by atoms with Crippen LogP contribution in [0.1, 0.15) is 36.2 Å². The SMILES string of the molecule is CSC(C)CCN1C(=O)CNC1c1cc(C)ccc1C. The summed E-state index contributed by atoms with van der Waals surface area (Å²) >= 11 is 1.85. The van der Waals surface area contributed by atoms with E-state index in [4.69, 9.17) is 0 Å². The van der Waals surface area contributed by atoms with Crippen molar-refractivity contribution >= 4 is 17.7 Å². The molecule has 0 saturated carbocycles. The van der Waals surface area contributed by atoms with Crippen LogP contribution in [0, 0.1) is 13.8 Å². The molecule has 1 aliphatic heterocycles. The first-order chi connectivity index (χ1) is 9.52. The lowest BCUT2D eigenvalue weighted by Gasteiger charge is -2.27. The van der Waals surface area contributed by atoms with Crippen LogP contribution in [0.2, 0.25) is 0 Å². The van der Waals surface area contributed by atoms with Crippen molar-refractivity contribution in [2.75, 3.05) is 19.3 Å². The number of nitrogens with one attached hydrogen (secondary N) is 1. The fourth-order valence-corrected chi connectivity index (χ4v) is 2.91. The maximum atomic E-state index is 12.1. The molecule has 1 fully saturated rings. The Morgan fingerprint density at radius 1 is 1.45 bits per heavy atom. The first kappa shape index (κ1) is 15.4. The van der Waals surface area contributed by atoms with Gasteiger partial charge in [-0.15, -0.1) is 0 Å². The molecule has 4 heteroatoms. The Labute approximate surface area is 126 Å². The molecule has 1 aromatic carbocycles. The van der Waals surface area contributed by atoms with Gasteiger partial charge in [-0.25, -0.2) is 0 Å². The van der Waals surface area contributed by atoms with Gasteiger partial charge in [0.1, 0.15) is 6.17 Å². The van der Waals surface area contributed by atoms with Crippen LogP contribution in [0.15, 0.2) is 18.2 Å². The van der Waals surface area contributed by atoms with Gasteiger partial charge in [0.05, 0.1) is 6.54 Å². The molecule has 2 atom stereocenters. The van der Waals surface area contributed by atoms with Crippen LogP contribution in [0.25, 0.3) is 0 Å². The lowest BCUT2D eigenvalue weighted by atomic mass is 10.0. The van der Waals surface area contributed by atoms with Crippen LogP contribution >= 0.6 is 11.8 Å². The molecule has 1 aromatic rings. The third-order valence-corrected chi connectivity index (χ3v) is 5.03. The van der Waals surface area contributed by atoms with Crippen molar-refractivity contribution in [3.63, 3.8) is 0 Å². The number of carbonyl (C=O) groups is 1. The molecule has 0 aliphatic carbocycles. The summed E-state index contributed by atoms with van der Waals surface area (Å²) in [5.41, 5.74) is 3.71. The normalized spacial score (nSPS) is 20.5. The number of thioether (sulfide) groups is 1. The predicted octanol–water partition coefficient (Wildman–Crippen LogP) is 2.88. The van der Waals surface area contributed by atoms with E-state index in [0.29, 0.717) is 11.8 Å². The summed E-state index contributed by atoms with van der Waals surface area (Å²) in [4.78, 5) is 14.1. The Hall–Kier alpha value is -1.00. The van der Waals surface area contributed by atoms with Crippen LogP contribution in [-0.4, -0.2) is 35.4 Å². The van der Waals surface area contributed by atoms with Crippen molar-refractivity contribution in [3.8, 4) is 0 Å². The second-order valence-corrected chi connectivity index (χ2v) is 6.84. The lowest BCUT2D eigenvalue weighted by Crippen LogP contribution is -2.32. The van der Waals surface area contributed by atoms with E-state index < -0.39 is 0 Å². The standard InChI is InChI=1S/C16H24N2OS/c1-11-5-6-12(2)14(9-11)16-17-10-15(19)18(16)8-7-13(3)20-4/h5-6,9,13,16-17H,7-8,10H2,1-4H3. The number of nitrogens with zero attached hydrogens (tertiary/aromatic N) is 1. The quantitative estimate of drug-likeness (QED) is 0.905. The summed E-state index contributed by atoms with van der Waals surface area (Å²) < 4.78 is 0. The average molecular weight is 292 g/mol. The molecule has 110 valence electrons. The number of rotatable bonds is 5. The molecule has 1 N–H and O–H groups in total. The predicted molar refractivity (Wildman–Crippen MR) is 86.0 cm³/mol. The van der Waals surface area contributed by atoms with Crippen LogP contribution in [0.5, 0.6) is 0 Å². The first-order valence-corrected chi connectivity index (χ1v) is 8.44. The van der Waals surface area contributed by atoms with Gasteiger partial charge < -0.3 is 4.90 Å². The van der Waals surface area contributed by atoms with Crippen molar-refractivity contribution in [2.45, 2.75) is 38.6 Å². The van der Waals surface area contributed by atoms with Crippen LogP contribution in [0.3, 0.4) is 0 Å². The van der Waals surface area contributed by atoms with Gasteiger partial charge in [-0.05, 0) is 37.7 Å². The van der Waals surface area contributed by atoms with Crippen molar-refractivity contribution in [3.05, 3.63) is 34.9 Å². The van der Waals surface area contributed by atoms with Crippen LogP contribution in [0.4, 0.5) is 0 Å². The van der Waals surface area contributed by atoms with E-state index in [9.17, 15) is 4.79 Å². The van der Waals surface area contributed by atoms with Gasteiger partial charge >= 0.3 is 0 Å². The van der Waals surface area contributed by atoms with Gasteiger partial charge in [-0.3, -0.25) is 10.1 Å². The molecule has 1 amide bonds. The molecule has 0 spiro atoms. The number of benzene rings is 1. The van der Waals surface area contributed by atoms with E-state index in [1.54, 1.807) is 0 Å². The smallest absolute Gasteiger partial charge is 0.238 e. The minimum atomic E-state index is 0.0384. The highest BCUT2D eigenvalue weighted by Crippen LogP contribution is 2.27. The Balaban J connectivity index is 2.17. The molecule has 0 bridgehead atoms. The van der Waals surface area contributed by atoms with Gasteiger partial charge in [0, 0.05) is 11.8 Å². The van der Waals surface area contributed by atoms with E-state index in [1.165, 1.54) is 16.7 Å². The Kier molecular flexibility index (Phi) is 5.11. The molecule has 1 saturated heterocycles. The summed E-state index contributed by atoms with van der Waals surface area (Å²) in [6.45, 7) is 7.70. The van der Waals surface area contributed by atoms with Gasteiger partial charge in [-0.2, -0.15) is 11.8 Å². The van der Waals surface area contributed by atoms with Crippen molar-refractivity contribution in [2.24, 2.45) is 0 Å². The zero-order chi connectivity index (χ0) is 14.7. The van der Waals surface area contributed by atoms with Crippen LogP contribution < -0.4 is 5.32 Å². The first-order valence-electron chi connectivity index (χ1n) is 7.15. The minimum Gasteiger partial charge on any atom is -0.322 e. The summed E-state index contributed by atoms with van der Waals surface area (Å²) in [5.74, 6) is 0.212. The van der Waals surface area contributed by atoms with E-state index in [2.05, 4.69) is 50.5 Å². The maximum Gasteiger partial charge on any atom is 0.238 e. The molecule has 20 heavy (non-hydrogen) atoms. The second-order valence-electron chi connectivity index (χ2n) is 5.57. The number of hydrogen-bond acceptors (Lipinski definition) is 3.